The molecule has 0 bridgehead atoms. The molecule has 40 heavy (non-hydrogen) atoms. The first-order chi connectivity index (χ1) is 19.1. The van der Waals surface area contributed by atoms with E-state index >= 15 is 0 Å². The highest BCUT2D eigenvalue weighted by Crippen LogP contribution is 2.39. The van der Waals surface area contributed by atoms with Crippen molar-refractivity contribution in [2.24, 2.45) is 0 Å². The molecule has 0 saturated carbocycles. The molecule has 0 amide bonds. The molecule has 10 nitrogen and oxygen atoms in total. The van der Waals surface area contributed by atoms with Crippen molar-refractivity contribution in [3.63, 3.8) is 0 Å². The number of carbonyl (C=O) groups is 2. The minimum atomic E-state index is -4.57. The van der Waals surface area contributed by atoms with Gasteiger partial charge in [0.25, 0.3) is 10.1 Å². The van der Waals surface area contributed by atoms with E-state index in [9.17, 15) is 22.6 Å². The van der Waals surface area contributed by atoms with Crippen molar-refractivity contribution in [2.75, 3.05) is 10.6 Å². The summed E-state index contributed by atoms with van der Waals surface area (Å²) in [5.74, 6) is -0.848. The molecule has 5 rings (SSSR count). The van der Waals surface area contributed by atoms with Gasteiger partial charge in [-0.15, -0.1) is 4.33 Å². The number of nitrogens with one attached hydrogen (secondary N) is 2. The molecule has 0 fully saturated rings. The third kappa shape index (κ3) is 5.23. The minimum absolute atomic E-state index is 0.0569. The summed E-state index contributed by atoms with van der Waals surface area (Å²) in [6, 6.07) is 19.3. The zero-order valence-electron chi connectivity index (χ0n) is 21.1. The number of benzene rings is 4. The van der Waals surface area contributed by atoms with Crippen molar-refractivity contribution >= 4 is 56.5 Å². The first-order valence-corrected chi connectivity index (χ1v) is 14.0. The number of rotatable bonds is 8. The van der Waals surface area contributed by atoms with Crippen LogP contribution in [-0.2, 0) is 19.5 Å². The van der Waals surface area contributed by atoms with E-state index in [1.54, 1.807) is 55.5 Å². The summed E-state index contributed by atoms with van der Waals surface area (Å²) >= 11 is 0.759. The highest BCUT2D eigenvalue weighted by molar-refractivity contribution is 7.94. The van der Waals surface area contributed by atoms with Crippen LogP contribution in [0.25, 0.3) is 0 Å². The van der Waals surface area contributed by atoms with Gasteiger partial charge in [-0.05, 0) is 61.4 Å². The summed E-state index contributed by atoms with van der Waals surface area (Å²) in [4.78, 5) is 27.8. The van der Waals surface area contributed by atoms with Gasteiger partial charge in [-0.1, -0.05) is 41.4 Å². The molecule has 4 N–H and O–H groups in total. The average Bonchev–Trinajstić information content (AvgIpc) is 2.92. The van der Waals surface area contributed by atoms with Crippen molar-refractivity contribution in [3.8, 4) is 0 Å². The summed E-state index contributed by atoms with van der Waals surface area (Å²) < 4.78 is 38.4. The van der Waals surface area contributed by atoms with Crippen LogP contribution in [-0.4, -0.2) is 29.8 Å². The SMILES string of the molecule is Cc1ccc(Nc2cccc3c2C(=O)c2cccc(Nc4ccc(C)cc4S(=O)(=O)O)c2C3=O)c(SOOO)c1. The maximum absolute atomic E-state index is 13.8. The van der Waals surface area contributed by atoms with Gasteiger partial charge >= 0.3 is 0 Å². The number of ketones is 2. The quantitative estimate of drug-likeness (QED) is 0.0716. The zero-order chi connectivity index (χ0) is 28.6. The second kappa shape index (κ2) is 10.8. The first-order valence-electron chi connectivity index (χ1n) is 11.8. The number of carbonyl (C=O) groups excluding carboxylic acids is 2. The fraction of sp³-hybridized carbons (Fsp3) is 0.0714. The van der Waals surface area contributed by atoms with E-state index in [1.807, 2.05) is 13.0 Å². The summed E-state index contributed by atoms with van der Waals surface area (Å²) in [7, 11) is -4.57. The first kappa shape index (κ1) is 27.5. The molecule has 0 unspecified atom stereocenters. The van der Waals surface area contributed by atoms with Crippen LogP contribution in [0.3, 0.4) is 0 Å². The smallest absolute Gasteiger partial charge is 0.296 e. The van der Waals surface area contributed by atoms with Crippen LogP contribution in [0.15, 0.2) is 82.6 Å². The number of anilines is 4. The predicted octanol–water partition coefficient (Wildman–Crippen LogP) is 6.24. The van der Waals surface area contributed by atoms with E-state index in [0.29, 0.717) is 21.8 Å². The molecule has 1 aliphatic rings. The predicted molar refractivity (Wildman–Crippen MR) is 149 cm³/mol. The van der Waals surface area contributed by atoms with E-state index in [4.69, 9.17) is 5.26 Å². The Labute approximate surface area is 233 Å². The third-order valence-corrected chi connectivity index (χ3v) is 7.86. The van der Waals surface area contributed by atoms with Crippen LogP contribution in [0.1, 0.15) is 43.0 Å². The van der Waals surface area contributed by atoms with Crippen molar-refractivity contribution in [1.82, 2.24) is 0 Å². The van der Waals surface area contributed by atoms with Crippen LogP contribution in [0, 0.1) is 13.8 Å². The van der Waals surface area contributed by atoms with Gasteiger partial charge in [-0.3, -0.25) is 14.1 Å². The molecule has 0 aromatic heterocycles. The number of aryl methyl sites for hydroxylation is 2. The normalized spacial score (nSPS) is 12.6. The third-order valence-electron chi connectivity index (χ3n) is 6.32. The molecule has 4 aromatic rings. The van der Waals surface area contributed by atoms with Crippen LogP contribution >= 0.6 is 12.0 Å². The van der Waals surface area contributed by atoms with Crippen LogP contribution in [0.5, 0.6) is 0 Å². The summed E-state index contributed by atoms with van der Waals surface area (Å²) in [5.41, 5.74) is 3.26. The van der Waals surface area contributed by atoms with Gasteiger partial charge in [-0.25, -0.2) is 5.26 Å². The Morgan fingerprint density at radius 1 is 0.725 bits per heavy atom. The number of hydrogen-bond donors (Lipinski definition) is 4. The lowest BCUT2D eigenvalue weighted by molar-refractivity contribution is -0.432. The molecule has 204 valence electrons. The summed E-state index contributed by atoms with van der Waals surface area (Å²) in [6.45, 7) is 3.55. The Balaban J connectivity index is 1.57. The van der Waals surface area contributed by atoms with E-state index < -0.39 is 21.7 Å². The minimum Gasteiger partial charge on any atom is -0.354 e. The lowest BCUT2D eigenvalue weighted by Crippen LogP contribution is -2.23. The Morgan fingerprint density at radius 2 is 1.25 bits per heavy atom. The van der Waals surface area contributed by atoms with Gasteiger partial charge in [-0.2, -0.15) is 8.42 Å². The highest BCUT2D eigenvalue weighted by Gasteiger charge is 2.34. The van der Waals surface area contributed by atoms with Crippen molar-refractivity contribution in [2.45, 2.75) is 23.6 Å². The van der Waals surface area contributed by atoms with Gasteiger partial charge in [0.05, 0.1) is 50.8 Å². The van der Waals surface area contributed by atoms with Crippen molar-refractivity contribution < 1.29 is 37.2 Å². The zero-order valence-corrected chi connectivity index (χ0v) is 22.7. The van der Waals surface area contributed by atoms with Crippen LogP contribution in [0.2, 0.25) is 0 Å². The largest absolute Gasteiger partial charge is 0.354 e. The molecule has 0 atom stereocenters. The van der Waals surface area contributed by atoms with Crippen LogP contribution in [0.4, 0.5) is 22.7 Å². The lowest BCUT2D eigenvalue weighted by Gasteiger charge is -2.24. The molecule has 0 spiro atoms. The van der Waals surface area contributed by atoms with E-state index in [0.717, 1.165) is 17.6 Å². The molecule has 0 radical (unpaired) electrons. The molecule has 0 heterocycles. The Kier molecular flexibility index (Phi) is 7.47. The molecule has 4 aromatic carbocycles. The number of hydrogen-bond acceptors (Lipinski definition) is 10. The fourth-order valence-electron chi connectivity index (χ4n) is 4.54. The Morgan fingerprint density at radius 3 is 1.80 bits per heavy atom. The topological polar surface area (TPSA) is 151 Å². The Bertz CT molecular complexity index is 1790. The monoisotopic (exact) mass is 578 g/mol. The Hall–Kier alpha value is -4.04. The maximum Gasteiger partial charge on any atom is 0.296 e. The molecular weight excluding hydrogens is 556 g/mol. The fourth-order valence-corrected chi connectivity index (χ4v) is 5.82. The van der Waals surface area contributed by atoms with Crippen molar-refractivity contribution in [3.05, 3.63) is 106 Å². The average molecular weight is 579 g/mol. The molecular formula is C28H22N2O8S2. The van der Waals surface area contributed by atoms with Gasteiger partial charge in [0, 0.05) is 11.1 Å². The van der Waals surface area contributed by atoms with E-state index in [1.165, 1.54) is 18.2 Å². The van der Waals surface area contributed by atoms with Crippen molar-refractivity contribution in [1.29, 1.82) is 0 Å². The van der Waals surface area contributed by atoms with Gasteiger partial charge in [0.2, 0.25) is 0 Å². The maximum atomic E-state index is 13.8. The van der Waals surface area contributed by atoms with Gasteiger partial charge < -0.3 is 10.6 Å². The lowest BCUT2D eigenvalue weighted by atomic mass is 9.82. The second-order valence-corrected chi connectivity index (χ2v) is 11.2. The second-order valence-electron chi connectivity index (χ2n) is 9.06. The summed E-state index contributed by atoms with van der Waals surface area (Å²) in [6.07, 6.45) is 0. The molecule has 0 saturated heterocycles. The highest BCUT2D eigenvalue weighted by atomic mass is 32.2. The summed E-state index contributed by atoms with van der Waals surface area (Å²) in [5, 5.41) is 18.4. The number of fused-ring (bicyclic) bond motifs is 2. The molecule has 12 heteroatoms. The van der Waals surface area contributed by atoms with E-state index in [-0.39, 0.29) is 38.5 Å². The molecule has 1 aliphatic carbocycles. The van der Waals surface area contributed by atoms with Gasteiger partial charge in [0.1, 0.15) is 4.90 Å². The van der Waals surface area contributed by atoms with E-state index in [2.05, 4.69) is 20.0 Å². The van der Waals surface area contributed by atoms with Gasteiger partial charge in [0.15, 0.2) is 11.6 Å². The standard InChI is InChI=1S/C28H22N2O8S2/c1-15-9-11-19(23(13-15)39-38-37-33)29-21-7-3-5-17-25(21)27(31)18-6-4-8-22(26(18)28(17)32)30-20-12-10-16(2)14-24(20)40(34,35)36/h3-14,29-30,33H,1-2H3,(H,34,35,36). The van der Waals surface area contributed by atoms with Crippen LogP contribution < -0.4 is 10.6 Å². The molecule has 0 aliphatic heterocycles.